The van der Waals surface area contributed by atoms with E-state index in [1.807, 2.05) is 24.7 Å². The number of ether oxygens (including phenoxy) is 2. The minimum Gasteiger partial charge on any atom is -0.490 e. The van der Waals surface area contributed by atoms with Gasteiger partial charge in [-0.3, -0.25) is 9.88 Å². The number of carboxylic acid groups (broad SMARTS) is 1. The van der Waals surface area contributed by atoms with E-state index in [0.29, 0.717) is 29.4 Å². The number of carboxylic acids is 1. The molecule has 4 heterocycles. The van der Waals surface area contributed by atoms with Crippen LogP contribution in [0.2, 0.25) is 5.02 Å². The molecule has 0 saturated carbocycles. The fraction of sp³-hybridized carbons (Fsp3) is 0.333. The SMILES string of the molecule is CCn1cncc1Cn1c(CN2CCC(Oc3ccnc(COc4ccc(Cl)cc4CO)c3)CC2)nc2ccc(C(=O)O)cc21. The second-order valence-electron chi connectivity index (χ2n) is 11.1. The quantitative estimate of drug-likeness (QED) is 0.192. The molecule has 0 radical (unpaired) electrons. The topological polar surface area (TPSA) is 128 Å². The van der Waals surface area contributed by atoms with E-state index in [2.05, 4.69) is 30.9 Å². The monoisotopic (exact) mass is 630 g/mol. The number of hydrogen-bond acceptors (Lipinski definition) is 8. The Bertz CT molecular complexity index is 1800. The van der Waals surface area contributed by atoms with Gasteiger partial charge in [0.15, 0.2) is 0 Å². The number of pyridine rings is 1. The van der Waals surface area contributed by atoms with Gasteiger partial charge < -0.3 is 28.8 Å². The van der Waals surface area contributed by atoms with Gasteiger partial charge in [-0.1, -0.05) is 11.6 Å². The Labute approximate surface area is 265 Å². The fourth-order valence-corrected chi connectivity index (χ4v) is 5.87. The third kappa shape index (κ3) is 7.11. The van der Waals surface area contributed by atoms with Crippen LogP contribution in [0.5, 0.6) is 11.5 Å². The predicted octanol–water partition coefficient (Wildman–Crippen LogP) is 5.16. The molecular formula is C33H35ClN6O5. The van der Waals surface area contributed by atoms with Crippen LogP contribution in [-0.4, -0.2) is 64.4 Å². The summed E-state index contributed by atoms with van der Waals surface area (Å²) in [6.45, 7) is 5.80. The van der Waals surface area contributed by atoms with E-state index >= 15 is 0 Å². The minimum atomic E-state index is -0.960. The fourth-order valence-electron chi connectivity index (χ4n) is 5.68. The standard InChI is InChI=1S/C33H35ClN6O5/c1-2-39-21-35-16-26(39)17-40-30-14-22(33(42)43)3-5-29(30)37-32(40)18-38-11-8-27(9-12-38)45-28-7-10-36-25(15-28)20-44-31-6-4-24(34)13-23(31)19-41/h3-7,10,13-16,21,27,41H,2,8-9,11-12,17-20H2,1H3,(H,42,43). The molecule has 0 atom stereocenters. The lowest BCUT2D eigenvalue weighted by Gasteiger charge is -2.32. The third-order valence-electron chi connectivity index (χ3n) is 8.09. The highest BCUT2D eigenvalue weighted by Gasteiger charge is 2.24. The minimum absolute atomic E-state index is 0.0607. The zero-order chi connectivity index (χ0) is 31.3. The highest BCUT2D eigenvalue weighted by molar-refractivity contribution is 6.30. The molecule has 5 aromatic rings. The number of imidazole rings is 2. The number of aliphatic hydroxyl groups is 1. The Kier molecular flexibility index (Phi) is 9.29. The maximum Gasteiger partial charge on any atom is 0.335 e. The molecule has 3 aromatic heterocycles. The van der Waals surface area contributed by atoms with Crippen LogP contribution in [-0.2, 0) is 32.8 Å². The number of likely N-dealkylation sites (tertiary alicyclic amines) is 1. The number of halogens is 1. The van der Waals surface area contributed by atoms with Crippen molar-refractivity contribution in [3.8, 4) is 11.5 Å². The highest BCUT2D eigenvalue weighted by Crippen LogP contribution is 2.26. The first-order valence-electron chi connectivity index (χ1n) is 15.0. The second kappa shape index (κ2) is 13.7. The molecule has 1 aliphatic heterocycles. The lowest BCUT2D eigenvalue weighted by atomic mass is 10.1. The molecule has 0 aliphatic carbocycles. The first-order valence-corrected chi connectivity index (χ1v) is 15.4. The number of fused-ring (bicyclic) bond motifs is 1. The highest BCUT2D eigenvalue weighted by atomic mass is 35.5. The van der Waals surface area contributed by atoms with Gasteiger partial charge in [0, 0.05) is 48.7 Å². The molecule has 0 spiro atoms. The number of aromatic nitrogens is 5. The average Bonchev–Trinajstić information content (AvgIpc) is 3.65. The average molecular weight is 631 g/mol. The van der Waals surface area contributed by atoms with Crippen molar-refractivity contribution in [1.29, 1.82) is 0 Å². The number of benzene rings is 2. The van der Waals surface area contributed by atoms with E-state index in [1.54, 1.807) is 42.6 Å². The first-order chi connectivity index (χ1) is 21.9. The Morgan fingerprint density at radius 3 is 2.71 bits per heavy atom. The van der Waals surface area contributed by atoms with E-state index in [1.165, 1.54) is 0 Å². The van der Waals surface area contributed by atoms with Gasteiger partial charge in [-0.25, -0.2) is 14.8 Å². The third-order valence-corrected chi connectivity index (χ3v) is 8.33. The van der Waals surface area contributed by atoms with Gasteiger partial charge in [0.05, 0.1) is 54.0 Å². The van der Waals surface area contributed by atoms with Crippen molar-refractivity contribution in [3.05, 3.63) is 101 Å². The van der Waals surface area contributed by atoms with E-state index < -0.39 is 5.97 Å². The molecular weight excluding hydrogens is 596 g/mol. The largest absolute Gasteiger partial charge is 0.490 e. The van der Waals surface area contributed by atoms with Crippen LogP contribution >= 0.6 is 11.6 Å². The summed E-state index contributed by atoms with van der Waals surface area (Å²) in [6, 6.07) is 14.0. The summed E-state index contributed by atoms with van der Waals surface area (Å²) in [5, 5.41) is 19.8. The Balaban J connectivity index is 1.10. The van der Waals surface area contributed by atoms with Crippen LogP contribution in [0.4, 0.5) is 0 Å². The molecule has 234 valence electrons. The van der Waals surface area contributed by atoms with Gasteiger partial charge in [0.2, 0.25) is 0 Å². The van der Waals surface area contributed by atoms with E-state index in [9.17, 15) is 15.0 Å². The van der Waals surface area contributed by atoms with Gasteiger partial charge in [-0.05, 0) is 62.2 Å². The number of rotatable bonds is 12. The van der Waals surface area contributed by atoms with Crippen molar-refractivity contribution in [2.45, 2.75) is 58.7 Å². The Morgan fingerprint density at radius 2 is 1.93 bits per heavy atom. The molecule has 1 aliphatic rings. The summed E-state index contributed by atoms with van der Waals surface area (Å²) in [5.74, 6) is 1.23. The molecule has 1 saturated heterocycles. The summed E-state index contributed by atoms with van der Waals surface area (Å²) in [4.78, 5) is 27.7. The maximum atomic E-state index is 11.7. The van der Waals surface area contributed by atoms with Crippen LogP contribution in [0, 0.1) is 0 Å². The molecule has 0 unspecified atom stereocenters. The van der Waals surface area contributed by atoms with Gasteiger partial charge in [-0.15, -0.1) is 0 Å². The first kappa shape index (κ1) is 30.6. The normalized spacial score (nSPS) is 14.2. The van der Waals surface area contributed by atoms with Gasteiger partial charge >= 0.3 is 5.97 Å². The van der Waals surface area contributed by atoms with Crippen molar-refractivity contribution >= 4 is 28.6 Å². The maximum absolute atomic E-state index is 11.7. The smallest absolute Gasteiger partial charge is 0.335 e. The number of carbonyl (C=O) groups is 1. The van der Waals surface area contributed by atoms with Crippen molar-refractivity contribution < 1.29 is 24.5 Å². The molecule has 6 rings (SSSR count). The number of aromatic carboxylic acids is 1. The van der Waals surface area contributed by atoms with Crippen LogP contribution < -0.4 is 9.47 Å². The number of piperidine rings is 1. The number of nitrogens with zero attached hydrogens (tertiary/aromatic N) is 6. The zero-order valence-corrected chi connectivity index (χ0v) is 25.7. The van der Waals surface area contributed by atoms with E-state index in [0.717, 1.165) is 66.5 Å². The predicted molar refractivity (Wildman–Crippen MR) is 169 cm³/mol. The second-order valence-corrected chi connectivity index (χ2v) is 11.5. The summed E-state index contributed by atoms with van der Waals surface area (Å²) in [6.07, 6.45) is 7.14. The summed E-state index contributed by atoms with van der Waals surface area (Å²) in [7, 11) is 0. The van der Waals surface area contributed by atoms with Crippen LogP contribution in [0.1, 0.15) is 52.9 Å². The van der Waals surface area contributed by atoms with Gasteiger partial charge in [0.25, 0.3) is 0 Å². The van der Waals surface area contributed by atoms with Crippen molar-refractivity contribution in [2.24, 2.45) is 0 Å². The van der Waals surface area contributed by atoms with Crippen LogP contribution in [0.25, 0.3) is 11.0 Å². The Hall–Kier alpha value is -4.45. The zero-order valence-electron chi connectivity index (χ0n) is 25.0. The Morgan fingerprint density at radius 1 is 1.09 bits per heavy atom. The van der Waals surface area contributed by atoms with Gasteiger partial charge in [-0.2, -0.15) is 0 Å². The van der Waals surface area contributed by atoms with Crippen LogP contribution in [0.15, 0.2) is 67.3 Å². The molecule has 11 nitrogen and oxygen atoms in total. The summed E-state index contributed by atoms with van der Waals surface area (Å²) >= 11 is 6.03. The molecule has 0 amide bonds. The molecule has 1 fully saturated rings. The lowest BCUT2D eigenvalue weighted by Crippen LogP contribution is -2.38. The molecule has 2 N–H and O–H groups in total. The van der Waals surface area contributed by atoms with Crippen molar-refractivity contribution in [1.82, 2.24) is 29.0 Å². The number of aryl methyl sites for hydroxylation is 1. The number of hydrogen-bond donors (Lipinski definition) is 2. The van der Waals surface area contributed by atoms with Crippen molar-refractivity contribution in [2.75, 3.05) is 13.1 Å². The van der Waals surface area contributed by atoms with Crippen molar-refractivity contribution in [3.63, 3.8) is 0 Å². The van der Waals surface area contributed by atoms with E-state index in [4.69, 9.17) is 26.1 Å². The van der Waals surface area contributed by atoms with Crippen LogP contribution in [0.3, 0.4) is 0 Å². The molecule has 12 heteroatoms. The van der Waals surface area contributed by atoms with E-state index in [-0.39, 0.29) is 24.9 Å². The number of aliphatic hydroxyl groups excluding tert-OH is 1. The summed E-state index contributed by atoms with van der Waals surface area (Å²) < 4.78 is 16.4. The molecule has 0 bridgehead atoms. The molecule has 2 aromatic carbocycles. The van der Waals surface area contributed by atoms with Gasteiger partial charge in [0.1, 0.15) is 30.0 Å². The lowest BCUT2D eigenvalue weighted by molar-refractivity contribution is 0.0697. The summed E-state index contributed by atoms with van der Waals surface area (Å²) in [5.41, 5.74) is 4.19. The molecule has 45 heavy (non-hydrogen) atoms.